The molecule has 0 amide bonds. The Morgan fingerprint density at radius 3 is 2.03 bits per heavy atom. The van der Waals surface area contributed by atoms with Crippen molar-refractivity contribution < 1.29 is 4.74 Å². The summed E-state index contributed by atoms with van der Waals surface area (Å²) in [6.07, 6.45) is 3.14. The summed E-state index contributed by atoms with van der Waals surface area (Å²) in [6, 6.07) is 28.2. The Balaban J connectivity index is 0.000000159. The van der Waals surface area contributed by atoms with Gasteiger partial charge in [-0.05, 0) is 68.9 Å². The Labute approximate surface area is 229 Å². The zero-order valence-electron chi connectivity index (χ0n) is 24.1. The number of benzene rings is 3. The number of aromatic nitrogens is 1. The van der Waals surface area contributed by atoms with E-state index in [9.17, 15) is 0 Å². The van der Waals surface area contributed by atoms with Crippen LogP contribution in [0.3, 0.4) is 0 Å². The lowest BCUT2D eigenvalue weighted by molar-refractivity contribution is 0.203. The van der Waals surface area contributed by atoms with E-state index in [-0.39, 0.29) is 0 Å². The molecule has 0 atom stereocenters. The Kier molecular flexibility index (Phi) is 10.6. The molecular formula is C34H43N3O. The molecule has 0 N–H and O–H groups in total. The summed E-state index contributed by atoms with van der Waals surface area (Å²) in [5.74, 6) is 1.52. The largest absolute Gasteiger partial charge is 0.496 e. The van der Waals surface area contributed by atoms with Crippen LogP contribution >= 0.6 is 0 Å². The van der Waals surface area contributed by atoms with Gasteiger partial charge in [0.05, 0.1) is 12.7 Å². The van der Waals surface area contributed by atoms with Crippen LogP contribution in [0.1, 0.15) is 75.8 Å². The molecule has 1 aromatic heterocycles. The molecule has 0 saturated heterocycles. The highest BCUT2D eigenvalue weighted by Gasteiger charge is 2.17. The van der Waals surface area contributed by atoms with Gasteiger partial charge in [-0.3, -0.25) is 4.90 Å². The van der Waals surface area contributed by atoms with E-state index in [1.54, 1.807) is 12.7 Å². The Morgan fingerprint density at radius 1 is 0.789 bits per heavy atom. The molecule has 5 rings (SSSR count). The molecule has 4 nitrogen and oxygen atoms in total. The third-order valence-electron chi connectivity index (χ3n) is 7.07. The number of hydrogen-bond donors (Lipinski definition) is 0. The molecule has 1 aliphatic heterocycles. The Morgan fingerprint density at radius 2 is 1.42 bits per heavy atom. The molecule has 0 unspecified atom stereocenters. The van der Waals surface area contributed by atoms with Crippen molar-refractivity contribution >= 4 is 10.9 Å². The summed E-state index contributed by atoms with van der Waals surface area (Å²) in [4.78, 5) is 2.53. The van der Waals surface area contributed by atoms with E-state index in [2.05, 4.69) is 93.5 Å². The van der Waals surface area contributed by atoms with Crippen LogP contribution in [0.25, 0.3) is 10.9 Å². The summed E-state index contributed by atoms with van der Waals surface area (Å²) in [5.41, 5.74) is 6.23. The second-order valence-electron chi connectivity index (χ2n) is 10.7. The molecule has 0 fully saturated rings. The molecule has 0 aliphatic carbocycles. The molecule has 4 heteroatoms. The minimum absolute atomic E-state index is 0.391. The second kappa shape index (κ2) is 13.8. The van der Waals surface area contributed by atoms with Crippen LogP contribution in [0.5, 0.6) is 5.75 Å². The van der Waals surface area contributed by atoms with Crippen LogP contribution in [-0.2, 0) is 13.0 Å². The fourth-order valence-corrected chi connectivity index (χ4v) is 4.82. The van der Waals surface area contributed by atoms with E-state index in [1.807, 2.05) is 42.6 Å². The lowest BCUT2D eigenvalue weighted by Crippen LogP contribution is -2.35. The monoisotopic (exact) mass is 509 g/mol. The van der Waals surface area contributed by atoms with Crippen molar-refractivity contribution in [2.75, 3.05) is 13.7 Å². The predicted molar refractivity (Wildman–Crippen MR) is 160 cm³/mol. The van der Waals surface area contributed by atoms with Gasteiger partial charge in [-0.25, -0.2) is 0 Å². The van der Waals surface area contributed by atoms with Crippen molar-refractivity contribution in [2.45, 2.75) is 72.5 Å². The van der Waals surface area contributed by atoms with Crippen LogP contribution in [-0.4, -0.2) is 29.2 Å². The molecule has 1 aliphatic rings. The predicted octanol–water partition coefficient (Wildman–Crippen LogP) is 8.37. The normalized spacial score (nSPS) is 12.9. The van der Waals surface area contributed by atoms with Crippen molar-refractivity contribution in [1.29, 1.82) is 5.26 Å². The minimum atomic E-state index is 0.391. The molecule has 2 heterocycles. The molecule has 4 aromatic rings. The number of nitriles is 1. The van der Waals surface area contributed by atoms with Crippen LogP contribution in [0, 0.1) is 11.3 Å². The maximum absolute atomic E-state index is 8.97. The van der Waals surface area contributed by atoms with E-state index in [0.29, 0.717) is 18.0 Å². The first kappa shape index (κ1) is 29.0. The zero-order chi connectivity index (χ0) is 27.7. The van der Waals surface area contributed by atoms with Gasteiger partial charge in [0.15, 0.2) is 0 Å². The minimum Gasteiger partial charge on any atom is -0.496 e. The smallest absolute Gasteiger partial charge is 0.122 e. The highest BCUT2D eigenvalue weighted by molar-refractivity contribution is 5.86. The van der Waals surface area contributed by atoms with Gasteiger partial charge in [-0.1, -0.05) is 74.5 Å². The molecule has 38 heavy (non-hydrogen) atoms. The summed E-state index contributed by atoms with van der Waals surface area (Å²) < 4.78 is 7.34. The number of para-hydroxylation sites is 2. The third kappa shape index (κ3) is 7.27. The summed E-state index contributed by atoms with van der Waals surface area (Å²) >= 11 is 0. The average Bonchev–Trinajstić information content (AvgIpc) is 3.32. The lowest BCUT2D eigenvalue weighted by atomic mass is 9.99. The Hall–Kier alpha value is -3.55. The number of fused-ring (bicyclic) bond motifs is 2. The first-order valence-corrected chi connectivity index (χ1v) is 13.7. The van der Waals surface area contributed by atoms with E-state index < -0.39 is 0 Å². The third-order valence-corrected chi connectivity index (χ3v) is 7.07. The van der Waals surface area contributed by atoms with Crippen molar-refractivity contribution in [2.24, 2.45) is 0 Å². The number of ether oxygens (including phenoxy) is 1. The second-order valence-corrected chi connectivity index (χ2v) is 10.7. The van der Waals surface area contributed by atoms with Crippen LogP contribution < -0.4 is 4.74 Å². The molecule has 0 bridgehead atoms. The van der Waals surface area contributed by atoms with Gasteiger partial charge in [-0.15, -0.1) is 0 Å². The summed E-state index contributed by atoms with van der Waals surface area (Å²) in [7, 11) is 1.71. The summed E-state index contributed by atoms with van der Waals surface area (Å²) in [5, 5.41) is 10.0. The molecule has 0 spiro atoms. The van der Waals surface area contributed by atoms with Crippen molar-refractivity contribution in [1.82, 2.24) is 9.47 Å². The van der Waals surface area contributed by atoms with Crippen molar-refractivity contribution in [3.63, 3.8) is 0 Å². The number of rotatable bonds is 4. The number of methoxy groups -OCH3 is 1. The first-order chi connectivity index (χ1) is 18.3. The highest BCUT2D eigenvalue weighted by Crippen LogP contribution is 2.25. The topological polar surface area (TPSA) is 41.2 Å². The van der Waals surface area contributed by atoms with E-state index >= 15 is 0 Å². The van der Waals surface area contributed by atoms with Gasteiger partial charge in [0.1, 0.15) is 11.8 Å². The van der Waals surface area contributed by atoms with Gasteiger partial charge in [-0.2, -0.15) is 5.26 Å². The number of nitrogens with zero attached hydrogens (tertiary/aromatic N) is 3. The average molecular weight is 510 g/mol. The maximum Gasteiger partial charge on any atom is 0.122 e. The maximum atomic E-state index is 8.97. The van der Waals surface area contributed by atoms with Crippen molar-refractivity contribution in [3.05, 3.63) is 101 Å². The van der Waals surface area contributed by atoms with E-state index in [1.165, 1.54) is 24.1 Å². The quantitative estimate of drug-likeness (QED) is 0.277. The van der Waals surface area contributed by atoms with Gasteiger partial charge in [0.2, 0.25) is 0 Å². The molecule has 0 radical (unpaired) electrons. The van der Waals surface area contributed by atoms with E-state index in [4.69, 9.17) is 10.00 Å². The standard InChI is InChI=1S/C12H12N2.C12H17N.C10H14O/c1-9(2)14-8-10(7-13)11-5-3-4-6-12(11)14;1-10(2)13-8-7-11-5-3-4-6-12(11)9-13;1-8(2)9-6-4-5-7-10(9)11-3/h3-6,8-9H,1-2H3;3-6,10H,7-9H2,1-2H3;4-8H,1-3H3. The first-order valence-electron chi connectivity index (χ1n) is 13.7. The molecule has 0 saturated carbocycles. The summed E-state index contributed by atoms with van der Waals surface area (Å²) in [6.45, 7) is 15.5. The van der Waals surface area contributed by atoms with Gasteiger partial charge in [0.25, 0.3) is 0 Å². The molecule has 200 valence electrons. The van der Waals surface area contributed by atoms with Crippen LogP contribution in [0.15, 0.2) is 79.0 Å². The Bertz CT molecular complexity index is 1340. The van der Waals surface area contributed by atoms with E-state index in [0.717, 1.165) is 28.8 Å². The van der Waals surface area contributed by atoms with Crippen LogP contribution in [0.2, 0.25) is 0 Å². The fourth-order valence-electron chi connectivity index (χ4n) is 4.82. The highest BCUT2D eigenvalue weighted by atomic mass is 16.5. The van der Waals surface area contributed by atoms with Gasteiger partial charge in [0, 0.05) is 42.3 Å². The van der Waals surface area contributed by atoms with Crippen molar-refractivity contribution in [3.8, 4) is 11.8 Å². The van der Waals surface area contributed by atoms with Crippen LogP contribution in [0.4, 0.5) is 0 Å². The zero-order valence-corrected chi connectivity index (χ0v) is 24.1. The van der Waals surface area contributed by atoms with Gasteiger partial charge >= 0.3 is 0 Å². The lowest BCUT2D eigenvalue weighted by Gasteiger charge is -2.31. The molecule has 3 aromatic carbocycles. The van der Waals surface area contributed by atoms with Gasteiger partial charge < -0.3 is 9.30 Å². The fraction of sp³-hybridized carbons (Fsp3) is 0.382. The molecular weight excluding hydrogens is 466 g/mol. The SMILES string of the molecule is CC(C)N1CCc2ccccc2C1.CC(C)n1cc(C#N)c2ccccc21.COc1ccccc1C(C)C. The number of hydrogen-bond acceptors (Lipinski definition) is 3.